The van der Waals surface area contributed by atoms with Crippen LogP contribution in [-0.4, -0.2) is 35.1 Å². The summed E-state index contributed by atoms with van der Waals surface area (Å²) in [4.78, 5) is 13.4. The monoisotopic (exact) mass is 221 g/mol. The Hall–Kier alpha value is -1.55. The van der Waals surface area contributed by atoms with Crippen LogP contribution < -0.4 is 0 Å². The molecule has 0 aliphatic carbocycles. The third-order valence-electron chi connectivity index (χ3n) is 2.64. The summed E-state index contributed by atoms with van der Waals surface area (Å²) in [6.45, 7) is 1.15. The Morgan fingerprint density at radius 3 is 3.19 bits per heavy atom. The molecule has 1 aromatic heterocycles. The van der Waals surface area contributed by atoms with Crippen LogP contribution in [0, 0.1) is 0 Å². The number of carbonyl (C=O) groups excluding carboxylic acids is 1. The van der Waals surface area contributed by atoms with Gasteiger partial charge in [-0.1, -0.05) is 0 Å². The van der Waals surface area contributed by atoms with Crippen molar-refractivity contribution in [3.8, 4) is 0 Å². The molecular formula is C12H15NO3. The predicted octanol–water partition coefficient (Wildman–Crippen LogP) is 1.28. The second-order valence-electron chi connectivity index (χ2n) is 3.93. The molecule has 4 heteroatoms. The van der Waals surface area contributed by atoms with E-state index in [1.807, 2.05) is 0 Å². The third-order valence-corrected chi connectivity index (χ3v) is 2.64. The fourth-order valence-electron chi connectivity index (χ4n) is 1.80. The second kappa shape index (κ2) is 4.99. The van der Waals surface area contributed by atoms with Crippen molar-refractivity contribution < 1.29 is 14.3 Å². The molecule has 1 fully saturated rings. The molecule has 16 heavy (non-hydrogen) atoms. The summed E-state index contributed by atoms with van der Waals surface area (Å²) < 4.78 is 5.09. The molecule has 1 N–H and O–H groups in total. The van der Waals surface area contributed by atoms with Gasteiger partial charge in [-0.15, -0.1) is 0 Å². The van der Waals surface area contributed by atoms with Gasteiger partial charge in [0.1, 0.15) is 5.76 Å². The number of aliphatic hydroxyl groups is 1. The highest BCUT2D eigenvalue weighted by atomic mass is 16.3. The number of nitrogens with zero attached hydrogens (tertiary/aromatic N) is 1. The first-order valence-electron chi connectivity index (χ1n) is 5.44. The molecule has 1 saturated heterocycles. The quantitative estimate of drug-likeness (QED) is 0.765. The van der Waals surface area contributed by atoms with Crippen LogP contribution in [-0.2, 0) is 4.79 Å². The summed E-state index contributed by atoms with van der Waals surface area (Å²) in [7, 11) is 0. The Kier molecular flexibility index (Phi) is 3.41. The Bertz CT molecular complexity index is 370. The van der Waals surface area contributed by atoms with Gasteiger partial charge in [-0.3, -0.25) is 4.79 Å². The van der Waals surface area contributed by atoms with Gasteiger partial charge in [-0.05, 0) is 31.1 Å². The van der Waals surface area contributed by atoms with Crippen molar-refractivity contribution in [1.82, 2.24) is 4.90 Å². The van der Waals surface area contributed by atoms with Crippen LogP contribution >= 0.6 is 0 Å². The SMILES string of the molecule is O=C(C=Cc1ccco1)N1CCCC(O)C1. The van der Waals surface area contributed by atoms with E-state index in [4.69, 9.17) is 4.42 Å². The van der Waals surface area contributed by atoms with Crippen molar-refractivity contribution in [2.45, 2.75) is 18.9 Å². The lowest BCUT2D eigenvalue weighted by Crippen LogP contribution is -2.41. The fraction of sp³-hybridized carbons (Fsp3) is 0.417. The number of β-amino-alcohol motifs (C(OH)–C–C–N with tert-alkyl or cyclic N) is 1. The summed E-state index contributed by atoms with van der Waals surface area (Å²) in [5, 5.41) is 9.44. The van der Waals surface area contributed by atoms with Crippen LogP contribution in [0.4, 0.5) is 0 Å². The molecule has 2 heterocycles. The van der Waals surface area contributed by atoms with Crippen LogP contribution in [0.25, 0.3) is 6.08 Å². The average molecular weight is 221 g/mol. The molecular weight excluding hydrogens is 206 g/mol. The van der Waals surface area contributed by atoms with Crippen molar-refractivity contribution in [1.29, 1.82) is 0 Å². The Balaban J connectivity index is 1.92. The Morgan fingerprint density at radius 2 is 2.50 bits per heavy atom. The fourth-order valence-corrected chi connectivity index (χ4v) is 1.80. The minimum atomic E-state index is -0.380. The number of furan rings is 1. The highest BCUT2D eigenvalue weighted by molar-refractivity contribution is 5.91. The molecule has 1 aliphatic rings. The van der Waals surface area contributed by atoms with Crippen LogP contribution in [0.15, 0.2) is 28.9 Å². The molecule has 1 atom stereocenters. The van der Waals surface area contributed by atoms with Gasteiger partial charge in [0.2, 0.25) is 5.91 Å². The Labute approximate surface area is 94.2 Å². The van der Waals surface area contributed by atoms with Crippen molar-refractivity contribution in [2.24, 2.45) is 0 Å². The lowest BCUT2D eigenvalue weighted by molar-refractivity contribution is -0.128. The molecule has 0 bridgehead atoms. The van der Waals surface area contributed by atoms with E-state index in [-0.39, 0.29) is 12.0 Å². The number of aliphatic hydroxyl groups excluding tert-OH is 1. The predicted molar refractivity (Wildman–Crippen MR) is 59.6 cm³/mol. The number of carbonyl (C=O) groups is 1. The molecule has 2 rings (SSSR count). The first-order chi connectivity index (χ1) is 7.75. The maximum atomic E-state index is 11.7. The van der Waals surface area contributed by atoms with E-state index in [1.165, 1.54) is 6.08 Å². The van der Waals surface area contributed by atoms with Gasteiger partial charge in [0, 0.05) is 19.2 Å². The normalized spacial score (nSPS) is 21.6. The van der Waals surface area contributed by atoms with Crippen molar-refractivity contribution in [2.75, 3.05) is 13.1 Å². The van der Waals surface area contributed by atoms with E-state index in [9.17, 15) is 9.90 Å². The van der Waals surface area contributed by atoms with Crippen molar-refractivity contribution >= 4 is 12.0 Å². The summed E-state index contributed by atoms with van der Waals surface area (Å²) in [6, 6.07) is 3.56. The van der Waals surface area contributed by atoms with E-state index < -0.39 is 0 Å². The molecule has 0 aromatic carbocycles. The summed E-state index contributed by atoms with van der Waals surface area (Å²) in [5.74, 6) is 0.584. The lowest BCUT2D eigenvalue weighted by atomic mass is 10.1. The standard InChI is InChI=1S/C12H15NO3/c14-10-3-1-7-13(9-10)12(15)6-5-11-4-2-8-16-11/h2,4-6,8,10,14H,1,3,7,9H2. The van der Waals surface area contributed by atoms with Gasteiger partial charge >= 0.3 is 0 Å². The maximum Gasteiger partial charge on any atom is 0.246 e. The first-order valence-corrected chi connectivity index (χ1v) is 5.44. The number of hydrogen-bond acceptors (Lipinski definition) is 3. The average Bonchev–Trinajstić information content (AvgIpc) is 2.78. The minimum Gasteiger partial charge on any atom is -0.465 e. The van der Waals surface area contributed by atoms with Crippen LogP contribution in [0.3, 0.4) is 0 Å². The molecule has 86 valence electrons. The third kappa shape index (κ3) is 2.73. The van der Waals surface area contributed by atoms with Gasteiger partial charge in [0.25, 0.3) is 0 Å². The number of hydrogen-bond donors (Lipinski definition) is 1. The number of piperidine rings is 1. The van der Waals surface area contributed by atoms with Crippen LogP contribution in [0.2, 0.25) is 0 Å². The zero-order valence-corrected chi connectivity index (χ0v) is 9.00. The minimum absolute atomic E-state index is 0.0739. The van der Waals surface area contributed by atoms with Crippen molar-refractivity contribution in [3.05, 3.63) is 30.2 Å². The van der Waals surface area contributed by atoms with Gasteiger partial charge in [-0.25, -0.2) is 0 Å². The molecule has 1 aliphatic heterocycles. The summed E-state index contributed by atoms with van der Waals surface area (Å²) >= 11 is 0. The molecule has 1 amide bonds. The molecule has 0 saturated carbocycles. The van der Waals surface area contributed by atoms with E-state index in [0.717, 1.165) is 19.4 Å². The molecule has 1 unspecified atom stereocenters. The van der Waals surface area contributed by atoms with Crippen LogP contribution in [0.5, 0.6) is 0 Å². The molecule has 0 radical (unpaired) electrons. The van der Waals surface area contributed by atoms with E-state index in [0.29, 0.717) is 12.3 Å². The Morgan fingerprint density at radius 1 is 1.62 bits per heavy atom. The zero-order chi connectivity index (χ0) is 11.4. The van der Waals surface area contributed by atoms with E-state index in [1.54, 1.807) is 29.4 Å². The smallest absolute Gasteiger partial charge is 0.246 e. The molecule has 4 nitrogen and oxygen atoms in total. The first kappa shape index (κ1) is 11.0. The molecule has 0 spiro atoms. The van der Waals surface area contributed by atoms with E-state index in [2.05, 4.69) is 0 Å². The maximum absolute atomic E-state index is 11.7. The second-order valence-corrected chi connectivity index (χ2v) is 3.93. The van der Waals surface area contributed by atoms with Crippen LogP contribution in [0.1, 0.15) is 18.6 Å². The highest BCUT2D eigenvalue weighted by Crippen LogP contribution is 2.11. The zero-order valence-electron chi connectivity index (χ0n) is 9.00. The highest BCUT2D eigenvalue weighted by Gasteiger charge is 2.20. The van der Waals surface area contributed by atoms with Gasteiger partial charge < -0.3 is 14.4 Å². The van der Waals surface area contributed by atoms with Gasteiger partial charge in [-0.2, -0.15) is 0 Å². The number of amides is 1. The van der Waals surface area contributed by atoms with Crippen molar-refractivity contribution in [3.63, 3.8) is 0 Å². The van der Waals surface area contributed by atoms with E-state index >= 15 is 0 Å². The molecule has 1 aromatic rings. The number of rotatable bonds is 2. The van der Waals surface area contributed by atoms with Gasteiger partial charge in [0.05, 0.1) is 12.4 Å². The van der Waals surface area contributed by atoms with Gasteiger partial charge in [0.15, 0.2) is 0 Å². The summed E-state index contributed by atoms with van der Waals surface area (Å²) in [6.07, 6.45) is 5.96. The topological polar surface area (TPSA) is 53.7 Å². The lowest BCUT2D eigenvalue weighted by Gasteiger charge is -2.29. The largest absolute Gasteiger partial charge is 0.465 e. The number of likely N-dealkylation sites (tertiary alicyclic amines) is 1. The summed E-state index contributed by atoms with van der Waals surface area (Å²) in [5.41, 5.74) is 0.